The van der Waals surface area contributed by atoms with Gasteiger partial charge in [0, 0.05) is 26.7 Å². The molecule has 0 heterocycles. The molecule has 4 N–H and O–H groups in total. The number of nitrogens with two attached hydrogens (primary N) is 1. The van der Waals surface area contributed by atoms with Crippen molar-refractivity contribution in [2.24, 2.45) is 0 Å². The van der Waals surface area contributed by atoms with Crippen LogP contribution in [0.1, 0.15) is 10.4 Å². The van der Waals surface area contributed by atoms with Gasteiger partial charge in [0.1, 0.15) is 11.6 Å². The van der Waals surface area contributed by atoms with Crippen LogP contribution in [-0.2, 0) is 0 Å². The molecule has 0 aliphatic rings. The first-order chi connectivity index (χ1) is 12.0. The van der Waals surface area contributed by atoms with Gasteiger partial charge in [-0.15, -0.1) is 0 Å². The Morgan fingerprint density at radius 1 is 1.00 bits per heavy atom. The molecule has 0 aromatic heterocycles. The summed E-state index contributed by atoms with van der Waals surface area (Å²) in [5.41, 5.74) is 7.51. The predicted octanol–water partition coefficient (Wildman–Crippen LogP) is 4.52. The second-order valence-electron chi connectivity index (χ2n) is 5.31. The summed E-state index contributed by atoms with van der Waals surface area (Å²) in [6, 6.07) is 17.4. The minimum Gasteiger partial charge on any atom is -0.508 e. The number of phenolic OH excluding ortho intramolecular Hbond substituents is 1. The maximum atomic E-state index is 12.9. The summed E-state index contributed by atoms with van der Waals surface area (Å²) in [5.74, 6) is -0.522. The van der Waals surface area contributed by atoms with Crippen LogP contribution in [0.3, 0.4) is 0 Å². The molecule has 0 saturated heterocycles. The molecule has 0 radical (unpaired) electrons. The number of amides is 1. The average molecular weight is 354 g/mol. The van der Waals surface area contributed by atoms with Gasteiger partial charge < -0.3 is 16.2 Å². The lowest BCUT2D eigenvalue weighted by Gasteiger charge is -2.10. The van der Waals surface area contributed by atoms with E-state index in [2.05, 4.69) is 5.32 Å². The third kappa shape index (κ3) is 4.30. The minimum atomic E-state index is -0.392. The molecule has 6 heteroatoms. The Labute approximate surface area is 148 Å². The number of aromatic hydroxyl groups is 1. The van der Waals surface area contributed by atoms with Crippen molar-refractivity contribution in [3.8, 4) is 5.75 Å². The maximum absolute atomic E-state index is 12.9. The standard InChI is InChI=1S/C19H15FN2O2S/c20-13-3-1-12(2-4-13)19(24)22-14-5-10-18(17(21)11-14)25-16-8-6-15(23)7-9-16/h1-11,23H,21H2,(H,22,24). The second kappa shape index (κ2) is 7.27. The van der Waals surface area contributed by atoms with E-state index in [1.165, 1.54) is 36.0 Å². The highest BCUT2D eigenvalue weighted by atomic mass is 32.2. The van der Waals surface area contributed by atoms with Gasteiger partial charge in [0.25, 0.3) is 5.91 Å². The number of hydrogen-bond acceptors (Lipinski definition) is 4. The second-order valence-corrected chi connectivity index (χ2v) is 6.42. The van der Waals surface area contributed by atoms with E-state index in [1.54, 1.807) is 36.4 Å². The topological polar surface area (TPSA) is 75.3 Å². The Balaban J connectivity index is 1.72. The van der Waals surface area contributed by atoms with E-state index in [9.17, 15) is 14.3 Å². The highest BCUT2D eigenvalue weighted by Gasteiger charge is 2.08. The van der Waals surface area contributed by atoms with Gasteiger partial charge in [0.2, 0.25) is 0 Å². The van der Waals surface area contributed by atoms with Gasteiger partial charge in [-0.05, 0) is 66.7 Å². The average Bonchev–Trinajstić information content (AvgIpc) is 2.60. The highest BCUT2D eigenvalue weighted by Crippen LogP contribution is 2.34. The van der Waals surface area contributed by atoms with E-state index in [0.29, 0.717) is 16.9 Å². The zero-order valence-electron chi connectivity index (χ0n) is 13.1. The summed E-state index contributed by atoms with van der Waals surface area (Å²) in [6.07, 6.45) is 0. The van der Waals surface area contributed by atoms with Crippen LogP contribution in [0.4, 0.5) is 15.8 Å². The van der Waals surface area contributed by atoms with E-state index in [-0.39, 0.29) is 11.7 Å². The molecule has 0 aliphatic heterocycles. The number of phenols is 1. The van der Waals surface area contributed by atoms with Gasteiger partial charge in [-0.25, -0.2) is 4.39 Å². The first-order valence-electron chi connectivity index (χ1n) is 7.44. The van der Waals surface area contributed by atoms with E-state index in [0.717, 1.165) is 9.79 Å². The van der Waals surface area contributed by atoms with Gasteiger partial charge in [-0.3, -0.25) is 4.79 Å². The molecular weight excluding hydrogens is 339 g/mol. The molecule has 1 amide bonds. The number of halogens is 1. The van der Waals surface area contributed by atoms with Crippen molar-refractivity contribution in [3.63, 3.8) is 0 Å². The third-order valence-electron chi connectivity index (χ3n) is 3.44. The van der Waals surface area contributed by atoms with Crippen LogP contribution in [0, 0.1) is 5.82 Å². The fraction of sp³-hybridized carbons (Fsp3) is 0. The van der Waals surface area contributed by atoms with Crippen molar-refractivity contribution >= 4 is 29.0 Å². The molecule has 0 fully saturated rings. The summed E-state index contributed by atoms with van der Waals surface area (Å²) >= 11 is 1.46. The fourth-order valence-corrected chi connectivity index (χ4v) is 3.00. The molecule has 25 heavy (non-hydrogen) atoms. The first kappa shape index (κ1) is 16.9. The number of anilines is 2. The number of hydrogen-bond donors (Lipinski definition) is 3. The van der Waals surface area contributed by atoms with E-state index in [4.69, 9.17) is 5.73 Å². The van der Waals surface area contributed by atoms with E-state index >= 15 is 0 Å². The first-order valence-corrected chi connectivity index (χ1v) is 8.26. The lowest BCUT2D eigenvalue weighted by molar-refractivity contribution is 0.102. The Kier molecular flexibility index (Phi) is 4.90. The van der Waals surface area contributed by atoms with Crippen molar-refractivity contribution in [1.29, 1.82) is 0 Å². The van der Waals surface area contributed by atoms with Gasteiger partial charge >= 0.3 is 0 Å². The Hall–Kier alpha value is -2.99. The van der Waals surface area contributed by atoms with Crippen LogP contribution in [0.2, 0.25) is 0 Å². The Bertz CT molecular complexity index is 896. The largest absolute Gasteiger partial charge is 0.508 e. The fourth-order valence-electron chi connectivity index (χ4n) is 2.16. The maximum Gasteiger partial charge on any atom is 0.255 e. The summed E-state index contributed by atoms with van der Waals surface area (Å²) in [4.78, 5) is 13.9. The van der Waals surface area contributed by atoms with Crippen molar-refractivity contribution in [3.05, 3.63) is 78.1 Å². The molecular formula is C19H15FN2O2S. The van der Waals surface area contributed by atoms with Crippen LogP contribution in [0.15, 0.2) is 76.5 Å². The number of benzene rings is 3. The van der Waals surface area contributed by atoms with Crippen LogP contribution < -0.4 is 11.1 Å². The van der Waals surface area contributed by atoms with Crippen LogP contribution in [0.5, 0.6) is 5.75 Å². The van der Waals surface area contributed by atoms with E-state index < -0.39 is 5.82 Å². The summed E-state index contributed by atoms with van der Waals surface area (Å²) < 4.78 is 12.9. The zero-order valence-corrected chi connectivity index (χ0v) is 13.9. The number of nitrogens with one attached hydrogen (secondary N) is 1. The number of nitrogen functional groups attached to an aromatic ring is 1. The number of carbonyl (C=O) groups excluding carboxylic acids is 1. The summed E-state index contributed by atoms with van der Waals surface area (Å²) in [6.45, 7) is 0. The quantitative estimate of drug-likeness (QED) is 0.602. The minimum absolute atomic E-state index is 0.205. The van der Waals surface area contributed by atoms with Gasteiger partial charge in [0.15, 0.2) is 0 Å². The molecule has 4 nitrogen and oxygen atoms in total. The Morgan fingerprint density at radius 2 is 1.68 bits per heavy atom. The molecule has 3 rings (SSSR count). The van der Waals surface area contributed by atoms with Crippen molar-refractivity contribution in [1.82, 2.24) is 0 Å². The third-order valence-corrected chi connectivity index (χ3v) is 4.54. The molecule has 0 bridgehead atoms. The van der Waals surface area contributed by atoms with Gasteiger partial charge in [0.05, 0.1) is 0 Å². The molecule has 0 unspecified atom stereocenters. The van der Waals surface area contributed by atoms with Crippen LogP contribution >= 0.6 is 11.8 Å². The molecule has 0 saturated carbocycles. The zero-order chi connectivity index (χ0) is 17.8. The molecule has 3 aromatic rings. The van der Waals surface area contributed by atoms with E-state index in [1.807, 2.05) is 6.07 Å². The van der Waals surface area contributed by atoms with Gasteiger partial charge in [-0.2, -0.15) is 0 Å². The number of carbonyl (C=O) groups is 1. The highest BCUT2D eigenvalue weighted by molar-refractivity contribution is 7.99. The van der Waals surface area contributed by atoms with Crippen molar-refractivity contribution in [2.75, 3.05) is 11.1 Å². The SMILES string of the molecule is Nc1cc(NC(=O)c2ccc(F)cc2)ccc1Sc1ccc(O)cc1. The molecule has 0 atom stereocenters. The smallest absolute Gasteiger partial charge is 0.255 e. The normalized spacial score (nSPS) is 10.4. The van der Waals surface area contributed by atoms with Crippen LogP contribution in [-0.4, -0.2) is 11.0 Å². The van der Waals surface area contributed by atoms with Crippen LogP contribution in [0.25, 0.3) is 0 Å². The van der Waals surface area contributed by atoms with Gasteiger partial charge in [-0.1, -0.05) is 11.8 Å². The predicted molar refractivity (Wildman–Crippen MR) is 97.4 cm³/mol. The number of rotatable bonds is 4. The molecule has 126 valence electrons. The Morgan fingerprint density at radius 3 is 2.32 bits per heavy atom. The lowest BCUT2D eigenvalue weighted by atomic mass is 10.2. The van der Waals surface area contributed by atoms with Crippen molar-refractivity contribution < 1.29 is 14.3 Å². The lowest BCUT2D eigenvalue weighted by Crippen LogP contribution is -2.12. The monoisotopic (exact) mass is 354 g/mol. The summed E-state index contributed by atoms with van der Waals surface area (Å²) in [7, 11) is 0. The molecule has 0 spiro atoms. The molecule has 0 aliphatic carbocycles. The summed E-state index contributed by atoms with van der Waals surface area (Å²) in [5, 5.41) is 12.0. The molecule has 3 aromatic carbocycles. The van der Waals surface area contributed by atoms with Crippen molar-refractivity contribution in [2.45, 2.75) is 9.79 Å².